The summed E-state index contributed by atoms with van der Waals surface area (Å²) in [5.41, 5.74) is 0. The predicted molar refractivity (Wildman–Crippen MR) is 241 cm³/mol. The van der Waals surface area contributed by atoms with Gasteiger partial charge in [0.1, 0.15) is 6.10 Å². The van der Waals surface area contributed by atoms with Gasteiger partial charge in [0.2, 0.25) is 5.91 Å². The number of amides is 1. The molecule has 0 aliphatic heterocycles. The minimum absolute atomic E-state index is 0.0163. The predicted octanol–water partition coefficient (Wildman–Crippen LogP) is 13.2. The molecule has 0 fully saturated rings. The summed E-state index contributed by atoms with van der Waals surface area (Å²) in [5.74, 6) is -0.578. The second-order valence-corrected chi connectivity index (χ2v) is 15.2. The van der Waals surface area contributed by atoms with Gasteiger partial charge in [-0.2, -0.15) is 0 Å². The number of esters is 1. The van der Waals surface area contributed by atoms with Crippen molar-refractivity contribution in [3.05, 3.63) is 85.1 Å². The van der Waals surface area contributed by atoms with Gasteiger partial charge in [-0.05, 0) is 64.2 Å². The minimum atomic E-state index is -0.811. The van der Waals surface area contributed by atoms with Crippen molar-refractivity contribution in [2.24, 2.45) is 0 Å². The van der Waals surface area contributed by atoms with Gasteiger partial charge in [-0.15, -0.1) is 0 Å². The normalized spacial score (nSPS) is 14.2. The number of rotatable bonds is 39. The van der Waals surface area contributed by atoms with Crippen LogP contribution in [0, 0.1) is 0 Å². The lowest BCUT2D eigenvalue weighted by molar-refractivity contribution is -0.151. The molecule has 6 nitrogen and oxygen atoms in total. The summed E-state index contributed by atoms with van der Waals surface area (Å²) in [6.45, 7) is 6.26. The zero-order valence-corrected chi connectivity index (χ0v) is 36.2. The van der Waals surface area contributed by atoms with E-state index in [1.807, 2.05) is 60.8 Å². The summed E-state index contributed by atoms with van der Waals surface area (Å²) in [6, 6.07) is -0.730. The molecule has 3 N–H and O–H groups in total. The van der Waals surface area contributed by atoms with Crippen LogP contribution in [0.15, 0.2) is 85.1 Å². The monoisotopic (exact) mass is 780 g/mol. The number of aliphatic hydroxyl groups excluding tert-OH is 2. The van der Waals surface area contributed by atoms with Gasteiger partial charge in [0.25, 0.3) is 0 Å². The SMILES string of the molecule is CC\C=C/C=C/C=C/C=C\C=C\C=C\CCCC(CC(=O)NC(CO)C(O)CCCCCCCCCCC)OC(=O)CCCCC/C=C\CCCCCCCC. The molecular formula is C50H85NO5. The summed E-state index contributed by atoms with van der Waals surface area (Å²) >= 11 is 0. The molecule has 0 bridgehead atoms. The number of carbonyl (C=O) groups is 2. The van der Waals surface area contributed by atoms with Gasteiger partial charge in [-0.1, -0.05) is 202 Å². The number of allylic oxidation sites excluding steroid dienone is 14. The van der Waals surface area contributed by atoms with Gasteiger partial charge >= 0.3 is 5.97 Å². The molecule has 0 heterocycles. The van der Waals surface area contributed by atoms with Gasteiger partial charge in [0.05, 0.1) is 25.2 Å². The lowest BCUT2D eigenvalue weighted by Gasteiger charge is -2.24. The van der Waals surface area contributed by atoms with E-state index < -0.39 is 18.2 Å². The van der Waals surface area contributed by atoms with E-state index in [0.29, 0.717) is 19.3 Å². The summed E-state index contributed by atoms with van der Waals surface area (Å²) < 4.78 is 5.86. The largest absolute Gasteiger partial charge is 0.462 e. The highest BCUT2D eigenvalue weighted by Crippen LogP contribution is 2.16. The first kappa shape index (κ1) is 53.0. The zero-order chi connectivity index (χ0) is 41.0. The van der Waals surface area contributed by atoms with Crippen molar-refractivity contribution in [1.29, 1.82) is 0 Å². The van der Waals surface area contributed by atoms with Gasteiger partial charge in [-0.25, -0.2) is 0 Å². The Morgan fingerprint density at radius 3 is 1.54 bits per heavy atom. The zero-order valence-electron chi connectivity index (χ0n) is 36.2. The average Bonchev–Trinajstić information content (AvgIpc) is 3.19. The maximum absolute atomic E-state index is 13.1. The molecule has 0 aliphatic rings. The van der Waals surface area contributed by atoms with E-state index in [0.717, 1.165) is 70.6 Å². The smallest absolute Gasteiger partial charge is 0.306 e. The number of carbonyl (C=O) groups excluding carboxylic acids is 2. The van der Waals surface area contributed by atoms with Crippen molar-refractivity contribution in [3.8, 4) is 0 Å². The van der Waals surface area contributed by atoms with Crippen molar-refractivity contribution >= 4 is 11.9 Å². The van der Waals surface area contributed by atoms with Crippen molar-refractivity contribution in [1.82, 2.24) is 5.32 Å². The Morgan fingerprint density at radius 2 is 1.00 bits per heavy atom. The second kappa shape index (κ2) is 43.2. The molecular weight excluding hydrogens is 695 g/mol. The van der Waals surface area contributed by atoms with E-state index in [9.17, 15) is 19.8 Å². The molecule has 0 saturated heterocycles. The summed E-state index contributed by atoms with van der Waals surface area (Å²) in [7, 11) is 0. The Kier molecular flexibility index (Phi) is 40.9. The third-order valence-corrected chi connectivity index (χ3v) is 9.87. The Hall–Kier alpha value is -2.96. The molecule has 3 unspecified atom stereocenters. The summed E-state index contributed by atoms with van der Waals surface area (Å²) in [4.78, 5) is 26.0. The molecule has 0 aromatic carbocycles. The average molecular weight is 780 g/mol. The van der Waals surface area contributed by atoms with Crippen LogP contribution in [0.25, 0.3) is 0 Å². The van der Waals surface area contributed by atoms with E-state index in [4.69, 9.17) is 4.74 Å². The fourth-order valence-electron chi connectivity index (χ4n) is 6.40. The molecule has 0 rings (SSSR count). The van der Waals surface area contributed by atoms with Gasteiger partial charge in [0, 0.05) is 6.42 Å². The first-order valence-corrected chi connectivity index (χ1v) is 22.9. The number of hydrogen-bond donors (Lipinski definition) is 3. The molecule has 320 valence electrons. The van der Waals surface area contributed by atoms with E-state index in [1.54, 1.807) is 0 Å². The molecule has 6 heteroatoms. The molecule has 0 aromatic heterocycles. The van der Waals surface area contributed by atoms with Gasteiger partial charge in [-0.3, -0.25) is 9.59 Å². The van der Waals surface area contributed by atoms with Crippen LogP contribution in [0.2, 0.25) is 0 Å². The second-order valence-electron chi connectivity index (χ2n) is 15.2. The van der Waals surface area contributed by atoms with E-state index >= 15 is 0 Å². The van der Waals surface area contributed by atoms with Crippen LogP contribution < -0.4 is 5.32 Å². The van der Waals surface area contributed by atoms with E-state index in [1.165, 1.54) is 77.0 Å². The Balaban J connectivity index is 4.82. The molecule has 1 amide bonds. The number of aliphatic hydroxyl groups is 2. The minimum Gasteiger partial charge on any atom is -0.462 e. The summed E-state index contributed by atoms with van der Waals surface area (Å²) in [6.07, 6.45) is 55.0. The van der Waals surface area contributed by atoms with E-state index in [-0.39, 0.29) is 24.9 Å². The quantitative estimate of drug-likeness (QED) is 0.0250. The van der Waals surface area contributed by atoms with Crippen LogP contribution in [-0.2, 0) is 14.3 Å². The van der Waals surface area contributed by atoms with Gasteiger partial charge in [0.15, 0.2) is 0 Å². The summed E-state index contributed by atoms with van der Waals surface area (Å²) in [5, 5.41) is 23.6. The topological polar surface area (TPSA) is 95.9 Å². The number of unbranched alkanes of at least 4 members (excludes halogenated alkanes) is 18. The Morgan fingerprint density at radius 1 is 0.536 bits per heavy atom. The Bertz CT molecular complexity index is 1100. The van der Waals surface area contributed by atoms with Crippen molar-refractivity contribution in [2.45, 2.75) is 212 Å². The maximum atomic E-state index is 13.1. The first-order chi connectivity index (χ1) is 27.5. The molecule has 56 heavy (non-hydrogen) atoms. The van der Waals surface area contributed by atoms with Crippen LogP contribution in [-0.4, -0.2) is 46.9 Å². The van der Waals surface area contributed by atoms with Crippen LogP contribution in [0.4, 0.5) is 0 Å². The van der Waals surface area contributed by atoms with Crippen molar-refractivity contribution in [3.63, 3.8) is 0 Å². The van der Waals surface area contributed by atoms with Crippen molar-refractivity contribution in [2.75, 3.05) is 6.61 Å². The fraction of sp³-hybridized carbons (Fsp3) is 0.680. The number of hydrogen-bond acceptors (Lipinski definition) is 5. The fourth-order valence-corrected chi connectivity index (χ4v) is 6.40. The molecule has 3 atom stereocenters. The number of nitrogens with one attached hydrogen (secondary N) is 1. The van der Waals surface area contributed by atoms with Gasteiger partial charge < -0.3 is 20.3 Å². The van der Waals surface area contributed by atoms with Crippen LogP contribution >= 0.6 is 0 Å². The third-order valence-electron chi connectivity index (χ3n) is 9.87. The molecule has 0 aromatic rings. The van der Waals surface area contributed by atoms with Crippen molar-refractivity contribution < 1.29 is 24.5 Å². The molecule has 0 aliphatic carbocycles. The Labute approximate surface area is 344 Å². The highest BCUT2D eigenvalue weighted by Gasteiger charge is 2.24. The highest BCUT2D eigenvalue weighted by atomic mass is 16.5. The maximum Gasteiger partial charge on any atom is 0.306 e. The molecule has 0 saturated carbocycles. The third kappa shape index (κ3) is 37.9. The lowest BCUT2D eigenvalue weighted by Crippen LogP contribution is -2.46. The first-order valence-electron chi connectivity index (χ1n) is 22.9. The lowest BCUT2D eigenvalue weighted by atomic mass is 10.0. The standard InChI is InChI=1S/C50H85NO5/c1-4-7-10-13-16-19-21-23-24-26-27-30-32-35-38-41-46(56-50(55)43-40-37-34-31-28-25-22-20-17-14-11-8-5-2)44-49(54)51-47(45-52)48(53)42-39-36-33-29-18-15-12-9-6-3/h7,10,13,16,19,21,23-28,30,32,46-48,52-53H,4-6,8-9,11-12,14-15,17-18,20,22,29,31,33-45H2,1-3H3,(H,51,54)/b10-7-,16-13+,21-19+,24-23-,27-26+,28-25-,32-30+. The van der Waals surface area contributed by atoms with Crippen LogP contribution in [0.3, 0.4) is 0 Å². The highest BCUT2D eigenvalue weighted by molar-refractivity contribution is 5.77. The molecule has 0 spiro atoms. The van der Waals surface area contributed by atoms with Crippen LogP contribution in [0.5, 0.6) is 0 Å². The van der Waals surface area contributed by atoms with Crippen LogP contribution in [0.1, 0.15) is 194 Å². The van der Waals surface area contributed by atoms with E-state index in [2.05, 4.69) is 50.4 Å². The number of ether oxygens (including phenoxy) is 1. The molecule has 0 radical (unpaired) electrons.